The number of nitrogens with zero attached hydrogens (tertiary/aromatic N) is 4. The molecule has 5 nitrogen and oxygen atoms in total. The smallest absolute Gasteiger partial charge is 0.253 e. The van der Waals surface area contributed by atoms with E-state index in [1.54, 1.807) is 41.7 Å². The van der Waals surface area contributed by atoms with Crippen molar-refractivity contribution in [3.05, 3.63) is 46.1 Å². The average molecular weight is 204 g/mol. The first-order chi connectivity index (χ1) is 7.16. The number of aryl methyl sites for hydroxylation is 2. The first-order valence-electron chi connectivity index (χ1n) is 4.68. The lowest BCUT2D eigenvalue weighted by Gasteiger charge is -2.02. The van der Waals surface area contributed by atoms with Crippen LogP contribution in [0.4, 0.5) is 0 Å². The van der Waals surface area contributed by atoms with Gasteiger partial charge >= 0.3 is 0 Å². The van der Waals surface area contributed by atoms with E-state index in [4.69, 9.17) is 0 Å². The van der Waals surface area contributed by atoms with E-state index in [1.165, 1.54) is 0 Å². The minimum atomic E-state index is 0.0168. The van der Waals surface area contributed by atoms with Crippen molar-refractivity contribution < 1.29 is 0 Å². The molecule has 2 aromatic rings. The second kappa shape index (κ2) is 3.68. The minimum absolute atomic E-state index is 0.0168. The molecule has 0 aliphatic heterocycles. The van der Waals surface area contributed by atoms with Crippen molar-refractivity contribution in [1.29, 1.82) is 0 Å². The molecule has 2 heterocycles. The Morgan fingerprint density at radius 3 is 2.93 bits per heavy atom. The Balaban J connectivity index is 2.32. The van der Waals surface area contributed by atoms with Crippen LogP contribution in [0.1, 0.15) is 11.3 Å². The largest absolute Gasteiger partial charge is 0.309 e. The third-order valence-electron chi connectivity index (χ3n) is 2.19. The van der Waals surface area contributed by atoms with Gasteiger partial charge in [-0.15, -0.1) is 5.10 Å². The summed E-state index contributed by atoms with van der Waals surface area (Å²) in [6.45, 7) is 2.27. The Labute approximate surface area is 87.0 Å². The predicted molar refractivity (Wildman–Crippen MR) is 55.5 cm³/mol. The molecular weight excluding hydrogens is 192 g/mol. The van der Waals surface area contributed by atoms with Gasteiger partial charge in [0.25, 0.3) is 5.56 Å². The molecule has 5 heteroatoms. The summed E-state index contributed by atoms with van der Waals surface area (Å²) in [7, 11) is 1.80. The second-order valence-corrected chi connectivity index (χ2v) is 3.51. The molecule has 2 aromatic heterocycles. The van der Waals surface area contributed by atoms with Gasteiger partial charge in [0.15, 0.2) is 0 Å². The maximum Gasteiger partial charge on any atom is 0.253 e. The molecule has 15 heavy (non-hydrogen) atoms. The van der Waals surface area contributed by atoms with Gasteiger partial charge in [-0.2, -0.15) is 0 Å². The Morgan fingerprint density at radius 2 is 2.27 bits per heavy atom. The molecule has 0 aliphatic rings. The van der Waals surface area contributed by atoms with Crippen LogP contribution < -0.4 is 5.56 Å². The van der Waals surface area contributed by atoms with Gasteiger partial charge in [0.1, 0.15) is 5.69 Å². The summed E-state index contributed by atoms with van der Waals surface area (Å²) < 4.78 is 3.25. The first kappa shape index (κ1) is 9.64. The lowest BCUT2D eigenvalue weighted by molar-refractivity contribution is 0.704. The molecule has 0 saturated heterocycles. The van der Waals surface area contributed by atoms with Crippen LogP contribution >= 0.6 is 0 Å². The number of hydrogen-bond donors (Lipinski definition) is 0. The third kappa shape index (κ3) is 1.96. The van der Waals surface area contributed by atoms with Crippen molar-refractivity contribution in [3.8, 4) is 0 Å². The monoisotopic (exact) mass is 204 g/mol. The molecule has 0 radical (unpaired) electrons. The van der Waals surface area contributed by atoms with Gasteiger partial charge in [-0.05, 0) is 13.0 Å². The normalized spacial score (nSPS) is 10.5. The zero-order chi connectivity index (χ0) is 10.8. The van der Waals surface area contributed by atoms with Crippen molar-refractivity contribution in [2.75, 3.05) is 0 Å². The van der Waals surface area contributed by atoms with Gasteiger partial charge < -0.3 is 4.57 Å². The standard InChI is InChI=1S/C10H12N4O/c1-8-4-3-5-14(10(8)15)7-9-6-13(2)12-11-9/h3-6H,7H2,1-2H3. The molecule has 2 rings (SSSR count). The van der Waals surface area contributed by atoms with E-state index in [2.05, 4.69) is 10.3 Å². The molecular formula is C10H12N4O. The van der Waals surface area contributed by atoms with E-state index in [0.29, 0.717) is 6.54 Å². The van der Waals surface area contributed by atoms with Crippen molar-refractivity contribution >= 4 is 0 Å². The SMILES string of the molecule is Cc1cccn(Cc2cn(C)nn2)c1=O. The Bertz CT molecular complexity index is 526. The topological polar surface area (TPSA) is 52.7 Å². The van der Waals surface area contributed by atoms with Crippen molar-refractivity contribution in [3.63, 3.8) is 0 Å². The van der Waals surface area contributed by atoms with Crippen LogP contribution in [0.25, 0.3) is 0 Å². The third-order valence-corrected chi connectivity index (χ3v) is 2.19. The zero-order valence-corrected chi connectivity index (χ0v) is 8.71. The molecule has 0 bridgehead atoms. The Hall–Kier alpha value is -1.91. The summed E-state index contributed by atoms with van der Waals surface area (Å²) in [4.78, 5) is 11.7. The highest BCUT2D eigenvalue weighted by molar-refractivity contribution is 5.09. The molecule has 0 spiro atoms. The molecule has 78 valence electrons. The lowest BCUT2D eigenvalue weighted by atomic mass is 10.3. The maximum absolute atomic E-state index is 11.7. The highest BCUT2D eigenvalue weighted by atomic mass is 16.1. The van der Waals surface area contributed by atoms with Gasteiger partial charge in [0.2, 0.25) is 0 Å². The highest BCUT2D eigenvalue weighted by Crippen LogP contribution is 1.96. The van der Waals surface area contributed by atoms with Crippen LogP contribution in [0.3, 0.4) is 0 Å². The van der Waals surface area contributed by atoms with E-state index in [-0.39, 0.29) is 5.56 Å². The number of rotatable bonds is 2. The average Bonchev–Trinajstić information content (AvgIpc) is 2.59. The van der Waals surface area contributed by atoms with E-state index in [9.17, 15) is 4.79 Å². The highest BCUT2D eigenvalue weighted by Gasteiger charge is 2.02. The summed E-state index contributed by atoms with van der Waals surface area (Å²) in [5, 5.41) is 7.75. The van der Waals surface area contributed by atoms with Crippen molar-refractivity contribution in [2.45, 2.75) is 13.5 Å². The molecule has 0 fully saturated rings. The fraction of sp³-hybridized carbons (Fsp3) is 0.300. The maximum atomic E-state index is 11.7. The number of hydrogen-bond acceptors (Lipinski definition) is 3. The van der Waals surface area contributed by atoms with Crippen LogP contribution in [0.15, 0.2) is 29.3 Å². The Kier molecular flexibility index (Phi) is 2.37. The molecule has 0 unspecified atom stereocenters. The van der Waals surface area contributed by atoms with Crippen molar-refractivity contribution in [2.24, 2.45) is 7.05 Å². The minimum Gasteiger partial charge on any atom is -0.309 e. The Morgan fingerprint density at radius 1 is 1.47 bits per heavy atom. The van der Waals surface area contributed by atoms with Crippen LogP contribution in [0.5, 0.6) is 0 Å². The summed E-state index contributed by atoms with van der Waals surface area (Å²) in [5.41, 5.74) is 1.54. The van der Waals surface area contributed by atoms with E-state index in [1.807, 2.05) is 6.07 Å². The fourth-order valence-corrected chi connectivity index (χ4v) is 1.42. The molecule has 0 N–H and O–H groups in total. The van der Waals surface area contributed by atoms with Gasteiger partial charge in [0, 0.05) is 25.0 Å². The van der Waals surface area contributed by atoms with Crippen LogP contribution in [0, 0.1) is 6.92 Å². The summed E-state index contributed by atoms with van der Waals surface area (Å²) in [6.07, 6.45) is 3.55. The zero-order valence-electron chi connectivity index (χ0n) is 8.71. The summed E-state index contributed by atoms with van der Waals surface area (Å²) in [5.74, 6) is 0. The quantitative estimate of drug-likeness (QED) is 0.708. The number of pyridine rings is 1. The van der Waals surface area contributed by atoms with Crippen LogP contribution in [-0.4, -0.2) is 19.6 Å². The second-order valence-electron chi connectivity index (χ2n) is 3.51. The van der Waals surface area contributed by atoms with Crippen LogP contribution in [-0.2, 0) is 13.6 Å². The molecule has 0 aromatic carbocycles. The van der Waals surface area contributed by atoms with E-state index >= 15 is 0 Å². The first-order valence-corrected chi connectivity index (χ1v) is 4.68. The molecule has 0 amide bonds. The van der Waals surface area contributed by atoms with Gasteiger partial charge in [-0.25, -0.2) is 0 Å². The number of aromatic nitrogens is 4. The van der Waals surface area contributed by atoms with E-state index < -0.39 is 0 Å². The van der Waals surface area contributed by atoms with Gasteiger partial charge in [-0.3, -0.25) is 9.48 Å². The lowest BCUT2D eigenvalue weighted by Crippen LogP contribution is -2.21. The summed E-state index contributed by atoms with van der Waals surface area (Å²) in [6, 6.07) is 3.66. The van der Waals surface area contributed by atoms with Crippen molar-refractivity contribution in [1.82, 2.24) is 19.6 Å². The molecule has 0 aliphatic carbocycles. The van der Waals surface area contributed by atoms with Gasteiger partial charge in [-0.1, -0.05) is 11.3 Å². The molecule has 0 atom stereocenters. The summed E-state index contributed by atoms with van der Waals surface area (Å²) >= 11 is 0. The van der Waals surface area contributed by atoms with Crippen LogP contribution in [0.2, 0.25) is 0 Å². The molecule has 0 saturated carbocycles. The van der Waals surface area contributed by atoms with Gasteiger partial charge in [0.05, 0.1) is 6.54 Å². The fourth-order valence-electron chi connectivity index (χ4n) is 1.42. The van der Waals surface area contributed by atoms with E-state index in [0.717, 1.165) is 11.3 Å². The predicted octanol–water partition coefficient (Wildman–Crippen LogP) is 0.334.